The van der Waals surface area contributed by atoms with E-state index in [9.17, 15) is 0 Å². The molecule has 0 unspecified atom stereocenters. The molecule has 0 radical (unpaired) electrons. The normalized spacial score (nSPS) is 11.2. The summed E-state index contributed by atoms with van der Waals surface area (Å²) in [5, 5.41) is 4.54. The van der Waals surface area contributed by atoms with Crippen molar-refractivity contribution in [1.29, 1.82) is 0 Å². The van der Waals surface area contributed by atoms with E-state index >= 15 is 0 Å². The SMILES string of the molecule is Cc1cc(C)n(-c2ccc(OCc3nc4ccccc4o3)cc2C)n1. The molecular weight excluding hydrogens is 314 g/mol. The molecule has 0 spiro atoms. The van der Waals surface area contributed by atoms with Crippen LogP contribution in [0, 0.1) is 20.8 Å². The molecule has 0 saturated heterocycles. The van der Waals surface area contributed by atoms with E-state index in [0.717, 1.165) is 39.5 Å². The molecule has 2 aromatic heterocycles. The second-order valence-corrected chi connectivity index (χ2v) is 6.15. The maximum Gasteiger partial charge on any atom is 0.233 e. The fourth-order valence-electron chi connectivity index (χ4n) is 2.95. The Balaban J connectivity index is 1.53. The van der Waals surface area contributed by atoms with Crippen molar-refractivity contribution in [3.63, 3.8) is 0 Å². The highest BCUT2D eigenvalue weighted by Crippen LogP contribution is 2.23. The van der Waals surface area contributed by atoms with Gasteiger partial charge in [0, 0.05) is 5.69 Å². The number of aryl methyl sites for hydroxylation is 3. The molecule has 0 N–H and O–H groups in total. The first kappa shape index (κ1) is 15.4. The first-order chi connectivity index (χ1) is 12.1. The Morgan fingerprint density at radius 2 is 1.88 bits per heavy atom. The number of fused-ring (bicyclic) bond motifs is 1. The van der Waals surface area contributed by atoms with Crippen molar-refractivity contribution < 1.29 is 9.15 Å². The topological polar surface area (TPSA) is 53.1 Å². The van der Waals surface area contributed by atoms with Crippen LogP contribution >= 0.6 is 0 Å². The maximum absolute atomic E-state index is 5.84. The van der Waals surface area contributed by atoms with E-state index < -0.39 is 0 Å². The third kappa shape index (κ3) is 3.01. The van der Waals surface area contributed by atoms with Crippen LogP contribution in [-0.2, 0) is 6.61 Å². The first-order valence-electron chi connectivity index (χ1n) is 8.22. The number of hydrogen-bond acceptors (Lipinski definition) is 4. The number of nitrogens with zero attached hydrogens (tertiary/aromatic N) is 3. The highest BCUT2D eigenvalue weighted by atomic mass is 16.5. The molecule has 0 saturated carbocycles. The Bertz CT molecular complexity index is 1010. The molecule has 2 aromatic carbocycles. The molecule has 0 aliphatic rings. The van der Waals surface area contributed by atoms with Gasteiger partial charge in [-0.15, -0.1) is 0 Å². The second kappa shape index (κ2) is 6.09. The lowest BCUT2D eigenvalue weighted by Crippen LogP contribution is -2.02. The first-order valence-corrected chi connectivity index (χ1v) is 8.22. The number of para-hydroxylation sites is 2. The predicted octanol–water partition coefficient (Wildman–Crippen LogP) is 4.52. The highest BCUT2D eigenvalue weighted by Gasteiger charge is 2.09. The summed E-state index contributed by atoms with van der Waals surface area (Å²) in [5.41, 5.74) is 5.89. The molecule has 0 atom stereocenters. The van der Waals surface area contributed by atoms with Gasteiger partial charge < -0.3 is 9.15 Å². The van der Waals surface area contributed by atoms with Gasteiger partial charge in [0.1, 0.15) is 11.3 Å². The van der Waals surface area contributed by atoms with Crippen LogP contribution in [-0.4, -0.2) is 14.8 Å². The Morgan fingerprint density at radius 1 is 1.04 bits per heavy atom. The van der Waals surface area contributed by atoms with Gasteiger partial charge in [0.25, 0.3) is 0 Å². The van der Waals surface area contributed by atoms with E-state index in [1.165, 1.54) is 0 Å². The molecular formula is C20H19N3O2. The fraction of sp³-hybridized carbons (Fsp3) is 0.200. The van der Waals surface area contributed by atoms with Gasteiger partial charge >= 0.3 is 0 Å². The summed E-state index contributed by atoms with van der Waals surface area (Å²) in [6.45, 7) is 6.40. The van der Waals surface area contributed by atoms with E-state index in [4.69, 9.17) is 9.15 Å². The summed E-state index contributed by atoms with van der Waals surface area (Å²) in [5.74, 6) is 1.35. The van der Waals surface area contributed by atoms with Crippen LogP contribution in [0.2, 0.25) is 0 Å². The monoisotopic (exact) mass is 333 g/mol. The standard InChI is InChI=1S/C20H19N3O2/c1-13-10-16(8-9-18(13)23-15(3)11-14(2)22-23)24-12-20-21-17-6-4-5-7-19(17)25-20/h4-11H,12H2,1-3H3. The third-order valence-electron chi connectivity index (χ3n) is 4.11. The lowest BCUT2D eigenvalue weighted by Gasteiger charge is -2.10. The Hall–Kier alpha value is -3.08. The maximum atomic E-state index is 5.84. The van der Waals surface area contributed by atoms with Crippen molar-refractivity contribution in [2.24, 2.45) is 0 Å². The van der Waals surface area contributed by atoms with Crippen LogP contribution in [0.3, 0.4) is 0 Å². The Kier molecular flexibility index (Phi) is 3.76. The average molecular weight is 333 g/mol. The fourth-order valence-corrected chi connectivity index (χ4v) is 2.95. The minimum atomic E-state index is 0.299. The number of hydrogen-bond donors (Lipinski definition) is 0. The van der Waals surface area contributed by atoms with Gasteiger partial charge in [-0.05, 0) is 62.7 Å². The predicted molar refractivity (Wildman–Crippen MR) is 96.1 cm³/mol. The van der Waals surface area contributed by atoms with E-state index in [1.54, 1.807) is 0 Å². The van der Waals surface area contributed by atoms with Crippen molar-refractivity contribution >= 4 is 11.1 Å². The molecule has 4 aromatic rings. The number of ether oxygens (including phenoxy) is 1. The van der Waals surface area contributed by atoms with Crippen LogP contribution in [0.1, 0.15) is 22.8 Å². The number of oxazole rings is 1. The van der Waals surface area contributed by atoms with Crippen LogP contribution in [0.25, 0.3) is 16.8 Å². The van der Waals surface area contributed by atoms with Crippen LogP contribution in [0.15, 0.2) is 52.9 Å². The molecule has 0 bridgehead atoms. The summed E-state index contributed by atoms with van der Waals surface area (Å²) >= 11 is 0. The Morgan fingerprint density at radius 3 is 2.60 bits per heavy atom. The molecule has 0 aliphatic heterocycles. The zero-order chi connectivity index (χ0) is 17.4. The van der Waals surface area contributed by atoms with Gasteiger partial charge in [0.2, 0.25) is 5.89 Å². The van der Waals surface area contributed by atoms with Crippen molar-refractivity contribution in [3.8, 4) is 11.4 Å². The van der Waals surface area contributed by atoms with E-state index in [2.05, 4.69) is 30.0 Å². The smallest absolute Gasteiger partial charge is 0.233 e. The van der Waals surface area contributed by atoms with E-state index in [0.29, 0.717) is 12.5 Å². The quantitative estimate of drug-likeness (QED) is 0.551. The van der Waals surface area contributed by atoms with Crippen molar-refractivity contribution in [2.75, 3.05) is 0 Å². The van der Waals surface area contributed by atoms with Gasteiger partial charge in [-0.2, -0.15) is 5.10 Å². The molecule has 0 aliphatic carbocycles. The number of aromatic nitrogens is 3. The minimum Gasteiger partial charge on any atom is -0.484 e. The zero-order valence-corrected chi connectivity index (χ0v) is 14.5. The zero-order valence-electron chi connectivity index (χ0n) is 14.5. The largest absolute Gasteiger partial charge is 0.484 e. The lowest BCUT2D eigenvalue weighted by molar-refractivity contribution is 0.267. The van der Waals surface area contributed by atoms with Gasteiger partial charge in [-0.25, -0.2) is 9.67 Å². The summed E-state index contributed by atoms with van der Waals surface area (Å²) in [7, 11) is 0. The van der Waals surface area contributed by atoms with E-state index in [1.807, 2.05) is 54.1 Å². The molecule has 126 valence electrons. The molecule has 5 nitrogen and oxygen atoms in total. The second-order valence-electron chi connectivity index (χ2n) is 6.15. The van der Waals surface area contributed by atoms with Crippen molar-refractivity contribution in [3.05, 3.63) is 71.4 Å². The van der Waals surface area contributed by atoms with Crippen molar-refractivity contribution in [2.45, 2.75) is 27.4 Å². The molecule has 25 heavy (non-hydrogen) atoms. The summed E-state index contributed by atoms with van der Waals surface area (Å²) in [4.78, 5) is 4.42. The Labute approximate surface area is 145 Å². The van der Waals surface area contributed by atoms with Crippen LogP contribution in [0.4, 0.5) is 0 Å². The van der Waals surface area contributed by atoms with Gasteiger partial charge in [-0.3, -0.25) is 0 Å². The summed E-state index contributed by atoms with van der Waals surface area (Å²) in [6, 6.07) is 15.7. The molecule has 0 amide bonds. The minimum absolute atomic E-state index is 0.299. The van der Waals surface area contributed by atoms with Crippen LogP contribution < -0.4 is 4.74 Å². The number of rotatable bonds is 4. The molecule has 0 fully saturated rings. The number of benzene rings is 2. The molecule has 5 heteroatoms. The highest BCUT2D eigenvalue weighted by molar-refractivity contribution is 5.72. The van der Waals surface area contributed by atoms with Crippen LogP contribution in [0.5, 0.6) is 5.75 Å². The van der Waals surface area contributed by atoms with Gasteiger partial charge in [0.15, 0.2) is 12.2 Å². The van der Waals surface area contributed by atoms with Crippen molar-refractivity contribution in [1.82, 2.24) is 14.8 Å². The molecule has 4 rings (SSSR count). The average Bonchev–Trinajstić information content (AvgIpc) is 3.15. The summed E-state index contributed by atoms with van der Waals surface area (Å²) < 4.78 is 13.5. The van der Waals surface area contributed by atoms with Gasteiger partial charge in [0.05, 0.1) is 11.4 Å². The lowest BCUT2D eigenvalue weighted by atomic mass is 10.2. The third-order valence-corrected chi connectivity index (χ3v) is 4.11. The summed E-state index contributed by atoms with van der Waals surface area (Å²) in [6.07, 6.45) is 0. The molecule has 2 heterocycles. The van der Waals surface area contributed by atoms with Gasteiger partial charge in [-0.1, -0.05) is 12.1 Å². The van der Waals surface area contributed by atoms with E-state index in [-0.39, 0.29) is 0 Å².